The molecule has 3 rings (SSSR count). The quantitative estimate of drug-likeness (QED) is 0.509. The number of nitrogens with one attached hydrogen (secondary N) is 1. The van der Waals surface area contributed by atoms with Crippen molar-refractivity contribution in [1.29, 1.82) is 0 Å². The van der Waals surface area contributed by atoms with Gasteiger partial charge in [0.2, 0.25) is 0 Å². The number of nitrogens with zero attached hydrogens (tertiary/aromatic N) is 2. The Labute approximate surface area is 189 Å². The number of rotatable bonds is 7. The second-order valence-corrected chi connectivity index (χ2v) is 7.14. The van der Waals surface area contributed by atoms with Crippen LogP contribution in [0.2, 0.25) is 5.02 Å². The van der Waals surface area contributed by atoms with Crippen LogP contribution in [-0.4, -0.2) is 41.2 Å². The number of alkyl halides is 3. The van der Waals surface area contributed by atoms with Crippen LogP contribution >= 0.6 is 11.6 Å². The number of oxazole rings is 1. The molecular formula is C20H17ClF3N3O6. The van der Waals surface area contributed by atoms with Gasteiger partial charge >= 0.3 is 17.9 Å². The van der Waals surface area contributed by atoms with Crippen molar-refractivity contribution in [2.45, 2.75) is 25.6 Å². The highest BCUT2D eigenvalue weighted by Gasteiger charge is 2.32. The third kappa shape index (κ3) is 5.45. The van der Waals surface area contributed by atoms with Gasteiger partial charge in [0.25, 0.3) is 5.91 Å². The van der Waals surface area contributed by atoms with Crippen molar-refractivity contribution in [2.24, 2.45) is 0 Å². The Morgan fingerprint density at radius 1 is 1.30 bits per heavy atom. The Kier molecular flexibility index (Phi) is 6.96. The predicted octanol–water partition coefficient (Wildman–Crippen LogP) is 3.10. The Morgan fingerprint density at radius 3 is 2.67 bits per heavy atom. The molecule has 33 heavy (non-hydrogen) atoms. The fraction of sp³-hybridized carbons (Fsp3) is 0.300. The average molecular weight is 488 g/mol. The van der Waals surface area contributed by atoms with Crippen molar-refractivity contribution in [3.05, 3.63) is 51.6 Å². The van der Waals surface area contributed by atoms with Crippen LogP contribution in [0, 0.1) is 0 Å². The van der Waals surface area contributed by atoms with E-state index in [1.807, 2.05) is 0 Å². The zero-order valence-corrected chi connectivity index (χ0v) is 18.0. The van der Waals surface area contributed by atoms with Gasteiger partial charge in [-0.25, -0.2) is 14.3 Å². The third-order valence-electron chi connectivity index (χ3n) is 4.45. The van der Waals surface area contributed by atoms with E-state index < -0.39 is 40.5 Å². The van der Waals surface area contributed by atoms with Gasteiger partial charge in [-0.3, -0.25) is 9.59 Å². The summed E-state index contributed by atoms with van der Waals surface area (Å²) in [4.78, 5) is 39.2. The number of hydrogen-bond acceptors (Lipinski definition) is 7. The zero-order valence-electron chi connectivity index (χ0n) is 17.2. The van der Waals surface area contributed by atoms with Gasteiger partial charge in [-0.2, -0.15) is 13.2 Å². The zero-order chi connectivity index (χ0) is 24.3. The molecule has 0 aliphatic heterocycles. The molecule has 2 heterocycles. The SMILES string of the molecule is COC(=O)CCNC(=O)C(C)Oc1ccc2c(c1)oc(=O)n2-c1ncc(C(F)(F)F)cc1Cl. The minimum Gasteiger partial charge on any atom is -0.481 e. The smallest absolute Gasteiger partial charge is 0.425 e. The Hall–Kier alpha value is -3.54. The topological polar surface area (TPSA) is 113 Å². The molecule has 1 unspecified atom stereocenters. The molecule has 1 N–H and O–H groups in total. The van der Waals surface area contributed by atoms with Crippen molar-refractivity contribution in [3.63, 3.8) is 0 Å². The van der Waals surface area contributed by atoms with Crippen LogP contribution in [0.25, 0.3) is 16.9 Å². The van der Waals surface area contributed by atoms with Gasteiger partial charge in [-0.05, 0) is 25.1 Å². The van der Waals surface area contributed by atoms with Crippen molar-refractivity contribution < 1.29 is 36.7 Å². The maximum atomic E-state index is 12.9. The summed E-state index contributed by atoms with van der Waals surface area (Å²) in [6.45, 7) is 1.54. The van der Waals surface area contributed by atoms with E-state index in [9.17, 15) is 27.6 Å². The molecule has 0 bridgehead atoms. The van der Waals surface area contributed by atoms with Gasteiger partial charge in [0.05, 0.1) is 29.6 Å². The van der Waals surface area contributed by atoms with Crippen molar-refractivity contribution in [1.82, 2.24) is 14.9 Å². The molecule has 0 saturated heterocycles. The number of halogens is 4. The van der Waals surface area contributed by atoms with E-state index >= 15 is 0 Å². The first-order valence-electron chi connectivity index (χ1n) is 9.41. The lowest BCUT2D eigenvalue weighted by Crippen LogP contribution is -2.37. The number of amides is 1. The van der Waals surface area contributed by atoms with Gasteiger partial charge in [0.1, 0.15) is 5.75 Å². The molecule has 1 atom stereocenters. The molecule has 0 spiro atoms. The van der Waals surface area contributed by atoms with Crippen LogP contribution in [-0.2, 0) is 20.5 Å². The number of benzene rings is 1. The fourth-order valence-electron chi connectivity index (χ4n) is 2.81. The maximum Gasteiger partial charge on any atom is 0.425 e. The maximum absolute atomic E-state index is 12.9. The summed E-state index contributed by atoms with van der Waals surface area (Å²) in [5.41, 5.74) is -0.850. The summed E-state index contributed by atoms with van der Waals surface area (Å²) in [5.74, 6) is -1.94. The number of ether oxygens (including phenoxy) is 2. The highest BCUT2D eigenvalue weighted by atomic mass is 35.5. The van der Waals surface area contributed by atoms with E-state index in [1.54, 1.807) is 0 Å². The largest absolute Gasteiger partial charge is 0.481 e. The number of aromatic nitrogens is 2. The van der Waals surface area contributed by atoms with Gasteiger partial charge in [-0.15, -0.1) is 0 Å². The number of pyridine rings is 1. The molecule has 176 valence electrons. The molecular weight excluding hydrogens is 471 g/mol. The highest BCUT2D eigenvalue weighted by molar-refractivity contribution is 6.32. The molecule has 0 saturated carbocycles. The van der Waals surface area contributed by atoms with E-state index in [0.29, 0.717) is 12.3 Å². The Balaban J connectivity index is 1.80. The van der Waals surface area contributed by atoms with E-state index in [0.717, 1.165) is 4.57 Å². The Bertz CT molecular complexity index is 1250. The van der Waals surface area contributed by atoms with Crippen molar-refractivity contribution in [2.75, 3.05) is 13.7 Å². The van der Waals surface area contributed by atoms with Gasteiger partial charge in [0, 0.05) is 18.8 Å². The third-order valence-corrected chi connectivity index (χ3v) is 4.73. The molecule has 0 fully saturated rings. The summed E-state index contributed by atoms with van der Waals surface area (Å²) >= 11 is 5.94. The molecule has 9 nitrogen and oxygen atoms in total. The number of fused-ring (bicyclic) bond motifs is 1. The molecule has 13 heteroatoms. The molecule has 1 aromatic carbocycles. The number of hydrogen-bond donors (Lipinski definition) is 1. The van der Waals surface area contributed by atoms with E-state index in [2.05, 4.69) is 15.0 Å². The van der Waals surface area contributed by atoms with Crippen LogP contribution in [0.1, 0.15) is 18.9 Å². The van der Waals surface area contributed by atoms with Crippen LogP contribution in [0.4, 0.5) is 13.2 Å². The first-order chi connectivity index (χ1) is 15.5. The van der Waals surface area contributed by atoms with E-state index in [1.165, 1.54) is 32.2 Å². The summed E-state index contributed by atoms with van der Waals surface area (Å²) in [7, 11) is 1.24. The monoisotopic (exact) mass is 487 g/mol. The van der Waals surface area contributed by atoms with Gasteiger partial charge in [-0.1, -0.05) is 11.6 Å². The lowest BCUT2D eigenvalue weighted by Gasteiger charge is -2.14. The normalized spacial score (nSPS) is 12.4. The first-order valence-corrected chi connectivity index (χ1v) is 9.79. The molecule has 0 aliphatic rings. The number of esters is 1. The average Bonchev–Trinajstić information content (AvgIpc) is 3.07. The molecule has 2 aromatic heterocycles. The molecule has 0 aliphatic carbocycles. The summed E-state index contributed by atoms with van der Waals surface area (Å²) in [5, 5.41) is 2.12. The minimum atomic E-state index is -4.65. The summed E-state index contributed by atoms with van der Waals surface area (Å²) < 4.78 is 54.6. The number of carbonyl (C=O) groups excluding carboxylic acids is 2. The Morgan fingerprint density at radius 2 is 2.03 bits per heavy atom. The summed E-state index contributed by atoms with van der Waals surface area (Å²) in [6, 6.07) is 4.84. The molecule has 0 radical (unpaired) electrons. The van der Waals surface area contributed by atoms with Crippen LogP contribution in [0.15, 0.2) is 39.7 Å². The minimum absolute atomic E-state index is 0.000135. The lowest BCUT2D eigenvalue weighted by molar-refractivity contribution is -0.140. The molecule has 3 aromatic rings. The number of methoxy groups -OCH3 is 1. The van der Waals surface area contributed by atoms with E-state index in [4.69, 9.17) is 20.8 Å². The number of carbonyl (C=O) groups is 2. The van der Waals surface area contributed by atoms with Gasteiger partial charge in [0.15, 0.2) is 17.5 Å². The highest BCUT2D eigenvalue weighted by Crippen LogP contribution is 2.32. The standard InChI is InChI=1S/C20H17ClF3N3O6/c1-10(18(29)25-6-5-16(28)31-2)32-12-3-4-14-15(8-12)33-19(30)27(14)17-13(21)7-11(9-26-17)20(22,23)24/h3-4,7-10H,5-6H2,1-2H3,(H,25,29). The van der Waals surface area contributed by atoms with Crippen molar-refractivity contribution in [3.8, 4) is 11.6 Å². The lowest BCUT2D eigenvalue weighted by atomic mass is 10.2. The fourth-order valence-corrected chi connectivity index (χ4v) is 3.07. The predicted molar refractivity (Wildman–Crippen MR) is 109 cm³/mol. The van der Waals surface area contributed by atoms with Crippen molar-refractivity contribution >= 4 is 34.6 Å². The second-order valence-electron chi connectivity index (χ2n) is 6.74. The second kappa shape index (κ2) is 9.53. The van der Waals surface area contributed by atoms with E-state index in [-0.39, 0.29) is 35.6 Å². The summed E-state index contributed by atoms with van der Waals surface area (Å²) in [6.07, 6.45) is -5.03. The van der Waals surface area contributed by atoms with Crippen LogP contribution in [0.3, 0.4) is 0 Å². The van der Waals surface area contributed by atoms with Crippen LogP contribution in [0.5, 0.6) is 5.75 Å². The first kappa shape index (κ1) is 24.1. The van der Waals surface area contributed by atoms with Crippen LogP contribution < -0.4 is 15.8 Å². The molecule has 1 amide bonds. The van der Waals surface area contributed by atoms with Gasteiger partial charge < -0.3 is 19.2 Å².